The zero-order valence-corrected chi connectivity index (χ0v) is 15.4. The van der Waals surface area contributed by atoms with Crippen LogP contribution in [0.5, 0.6) is 5.75 Å². The molecule has 0 bridgehead atoms. The Morgan fingerprint density at radius 2 is 1.70 bits per heavy atom. The summed E-state index contributed by atoms with van der Waals surface area (Å²) >= 11 is 0. The number of benzene rings is 2. The van der Waals surface area contributed by atoms with Crippen LogP contribution in [0.1, 0.15) is 28.8 Å². The molecule has 6 heteroatoms. The molecule has 1 aliphatic heterocycles. The molecule has 3 rings (SSSR count). The first-order chi connectivity index (χ1) is 13.0. The number of piperidine rings is 1. The summed E-state index contributed by atoms with van der Waals surface area (Å²) in [4.78, 5) is 26.4. The Morgan fingerprint density at radius 1 is 1.07 bits per heavy atom. The number of rotatable bonds is 5. The van der Waals surface area contributed by atoms with E-state index in [0.29, 0.717) is 49.4 Å². The normalized spacial score (nSPS) is 14.7. The Morgan fingerprint density at radius 3 is 2.30 bits per heavy atom. The molecule has 1 fully saturated rings. The first-order valence-electron chi connectivity index (χ1n) is 9.05. The highest BCUT2D eigenvalue weighted by Crippen LogP contribution is 2.16. The lowest BCUT2D eigenvalue weighted by Gasteiger charge is -2.29. The maximum Gasteiger partial charge on any atom is 0.255 e. The number of nitrogens with one attached hydrogen (secondary N) is 1. The third kappa shape index (κ3) is 5.08. The lowest BCUT2D eigenvalue weighted by molar-refractivity contribution is -0.132. The van der Waals surface area contributed by atoms with Crippen molar-refractivity contribution in [1.29, 1.82) is 0 Å². The fourth-order valence-electron chi connectivity index (χ4n) is 3.05. The van der Waals surface area contributed by atoms with Gasteiger partial charge in [-0.15, -0.1) is 0 Å². The van der Waals surface area contributed by atoms with Crippen LogP contribution in [-0.4, -0.2) is 48.1 Å². The fraction of sp³-hybridized carbons (Fsp3) is 0.333. The van der Waals surface area contributed by atoms with Crippen LogP contribution in [0.15, 0.2) is 48.5 Å². The smallest absolute Gasteiger partial charge is 0.255 e. The molecule has 0 unspecified atom stereocenters. The van der Waals surface area contributed by atoms with Crippen LogP contribution < -0.4 is 10.1 Å². The molecular weight excluding hydrogens is 344 g/mol. The van der Waals surface area contributed by atoms with Crippen LogP contribution >= 0.6 is 0 Å². The predicted molar refractivity (Wildman–Crippen MR) is 103 cm³/mol. The summed E-state index contributed by atoms with van der Waals surface area (Å²) in [5.74, 6) is 0.564. The Bertz CT molecular complexity index is 779. The summed E-state index contributed by atoms with van der Waals surface area (Å²) in [5, 5.41) is 12.4. The quantitative estimate of drug-likeness (QED) is 0.850. The Kier molecular flexibility index (Phi) is 6.08. The molecule has 1 saturated heterocycles. The molecule has 0 aromatic heterocycles. The third-order valence-electron chi connectivity index (χ3n) is 4.74. The lowest BCUT2D eigenvalue weighted by atomic mass is 10.1. The second-order valence-electron chi connectivity index (χ2n) is 6.67. The summed E-state index contributed by atoms with van der Waals surface area (Å²) in [6.07, 6.45) is 1.31. The molecule has 0 saturated carbocycles. The van der Waals surface area contributed by atoms with Crippen molar-refractivity contribution in [2.24, 2.45) is 0 Å². The van der Waals surface area contributed by atoms with E-state index in [2.05, 4.69) is 5.32 Å². The molecule has 2 N–H and O–H groups in total. The van der Waals surface area contributed by atoms with Gasteiger partial charge in [0.25, 0.3) is 5.91 Å². The number of carbonyl (C=O) groups is 2. The number of hydrogen-bond acceptors (Lipinski definition) is 4. The summed E-state index contributed by atoms with van der Waals surface area (Å²) in [6, 6.07) is 14.2. The molecule has 142 valence electrons. The summed E-state index contributed by atoms with van der Waals surface area (Å²) in [6.45, 7) is 1.21. The number of likely N-dealkylation sites (tertiary alicyclic amines) is 1. The zero-order valence-electron chi connectivity index (χ0n) is 15.4. The first-order valence-corrected chi connectivity index (χ1v) is 9.05. The van der Waals surface area contributed by atoms with Gasteiger partial charge in [-0.1, -0.05) is 12.1 Å². The molecule has 0 atom stereocenters. The van der Waals surface area contributed by atoms with Crippen molar-refractivity contribution in [2.45, 2.75) is 25.4 Å². The minimum atomic E-state index is -0.289. The van der Waals surface area contributed by atoms with Gasteiger partial charge in [0.2, 0.25) is 5.91 Å². The Labute approximate surface area is 158 Å². The number of amides is 2. The van der Waals surface area contributed by atoms with Gasteiger partial charge in [0.05, 0.1) is 19.6 Å². The first kappa shape index (κ1) is 18.9. The van der Waals surface area contributed by atoms with Crippen LogP contribution in [0.3, 0.4) is 0 Å². The Hall–Kier alpha value is -2.86. The van der Waals surface area contributed by atoms with Gasteiger partial charge >= 0.3 is 0 Å². The summed E-state index contributed by atoms with van der Waals surface area (Å²) in [5.41, 5.74) is 2.11. The number of aliphatic hydroxyl groups excluding tert-OH is 1. The van der Waals surface area contributed by atoms with Gasteiger partial charge in [-0.3, -0.25) is 9.59 Å². The largest absolute Gasteiger partial charge is 0.497 e. The number of aliphatic hydroxyl groups is 1. The van der Waals surface area contributed by atoms with E-state index in [1.165, 1.54) is 0 Å². The van der Waals surface area contributed by atoms with E-state index in [4.69, 9.17) is 4.74 Å². The van der Waals surface area contributed by atoms with E-state index in [1.54, 1.807) is 48.4 Å². The molecule has 1 aliphatic rings. The second kappa shape index (κ2) is 8.68. The topological polar surface area (TPSA) is 78.9 Å². The van der Waals surface area contributed by atoms with Crippen molar-refractivity contribution < 1.29 is 19.4 Å². The number of methoxy groups -OCH3 is 1. The molecule has 0 aliphatic carbocycles. The van der Waals surface area contributed by atoms with E-state index in [-0.39, 0.29) is 17.9 Å². The lowest BCUT2D eigenvalue weighted by Crippen LogP contribution is -2.40. The molecule has 0 spiro atoms. The summed E-state index contributed by atoms with van der Waals surface area (Å²) < 4.78 is 5.09. The number of nitrogens with zero attached hydrogens (tertiary/aromatic N) is 1. The van der Waals surface area contributed by atoms with Gasteiger partial charge in [-0.2, -0.15) is 0 Å². The van der Waals surface area contributed by atoms with Gasteiger partial charge in [0.1, 0.15) is 5.75 Å². The van der Waals surface area contributed by atoms with Crippen LogP contribution in [0.2, 0.25) is 0 Å². The zero-order chi connectivity index (χ0) is 19.2. The SMILES string of the molecule is COc1ccc(C(=O)Nc2ccc(CC(=O)N3CCC(O)CC3)cc2)cc1. The highest BCUT2D eigenvalue weighted by atomic mass is 16.5. The highest BCUT2D eigenvalue weighted by molar-refractivity contribution is 6.04. The molecule has 2 amide bonds. The van der Waals surface area contributed by atoms with E-state index in [1.807, 2.05) is 12.1 Å². The van der Waals surface area contributed by atoms with E-state index in [9.17, 15) is 14.7 Å². The van der Waals surface area contributed by atoms with Crippen molar-refractivity contribution in [3.63, 3.8) is 0 Å². The van der Waals surface area contributed by atoms with Gasteiger partial charge in [0.15, 0.2) is 0 Å². The molecule has 2 aromatic carbocycles. The van der Waals surface area contributed by atoms with Crippen molar-refractivity contribution in [1.82, 2.24) is 4.90 Å². The van der Waals surface area contributed by atoms with Crippen molar-refractivity contribution in [2.75, 3.05) is 25.5 Å². The molecular formula is C21H24N2O4. The van der Waals surface area contributed by atoms with Crippen molar-refractivity contribution >= 4 is 17.5 Å². The van der Waals surface area contributed by atoms with Crippen molar-refractivity contribution in [3.05, 3.63) is 59.7 Å². The number of hydrogen-bond donors (Lipinski definition) is 2. The average Bonchev–Trinajstić information content (AvgIpc) is 2.70. The third-order valence-corrected chi connectivity index (χ3v) is 4.74. The molecule has 6 nitrogen and oxygen atoms in total. The van der Waals surface area contributed by atoms with E-state index in [0.717, 1.165) is 5.56 Å². The van der Waals surface area contributed by atoms with Gasteiger partial charge in [-0.05, 0) is 54.8 Å². The van der Waals surface area contributed by atoms with Gasteiger partial charge in [0, 0.05) is 24.3 Å². The monoisotopic (exact) mass is 368 g/mol. The van der Waals surface area contributed by atoms with Crippen LogP contribution in [0.25, 0.3) is 0 Å². The maximum atomic E-state index is 12.3. The van der Waals surface area contributed by atoms with Crippen LogP contribution in [-0.2, 0) is 11.2 Å². The van der Waals surface area contributed by atoms with E-state index < -0.39 is 0 Å². The van der Waals surface area contributed by atoms with E-state index >= 15 is 0 Å². The van der Waals surface area contributed by atoms with Gasteiger partial charge < -0.3 is 20.1 Å². The maximum absolute atomic E-state index is 12.3. The minimum Gasteiger partial charge on any atom is -0.497 e. The fourth-order valence-corrected chi connectivity index (χ4v) is 3.05. The molecule has 1 heterocycles. The molecule has 0 radical (unpaired) electrons. The Balaban J connectivity index is 1.55. The molecule has 27 heavy (non-hydrogen) atoms. The van der Waals surface area contributed by atoms with Gasteiger partial charge in [-0.25, -0.2) is 0 Å². The number of carbonyl (C=O) groups excluding carboxylic acids is 2. The second-order valence-corrected chi connectivity index (χ2v) is 6.67. The summed E-state index contributed by atoms with van der Waals surface area (Å²) in [7, 11) is 1.58. The average molecular weight is 368 g/mol. The van der Waals surface area contributed by atoms with Crippen LogP contribution in [0.4, 0.5) is 5.69 Å². The predicted octanol–water partition coefficient (Wildman–Crippen LogP) is 2.47. The number of ether oxygens (including phenoxy) is 1. The minimum absolute atomic E-state index is 0.0666. The van der Waals surface area contributed by atoms with Crippen molar-refractivity contribution in [3.8, 4) is 5.75 Å². The highest BCUT2D eigenvalue weighted by Gasteiger charge is 2.21. The van der Waals surface area contributed by atoms with Crippen LogP contribution in [0, 0.1) is 0 Å². The molecule has 2 aromatic rings. The standard InChI is InChI=1S/C21H24N2O4/c1-27-19-8-4-16(5-9-19)21(26)22-17-6-2-15(3-7-17)14-20(25)23-12-10-18(24)11-13-23/h2-9,18,24H,10-14H2,1H3,(H,22,26). The number of anilines is 1.